The van der Waals surface area contributed by atoms with E-state index in [0.717, 1.165) is 23.8 Å². The van der Waals surface area contributed by atoms with Crippen molar-refractivity contribution >= 4 is 28.4 Å². The first-order chi connectivity index (χ1) is 8.67. The predicted octanol–water partition coefficient (Wildman–Crippen LogP) is 3.62. The Kier molecular flexibility index (Phi) is 4.41. The Morgan fingerprint density at radius 2 is 1.94 bits per heavy atom. The van der Waals surface area contributed by atoms with E-state index in [-0.39, 0.29) is 0 Å². The summed E-state index contributed by atoms with van der Waals surface area (Å²) in [5.41, 5.74) is 2.23. The molecule has 3 nitrogen and oxygen atoms in total. The van der Waals surface area contributed by atoms with Gasteiger partial charge >= 0.3 is 0 Å². The predicted molar refractivity (Wildman–Crippen MR) is 82.0 cm³/mol. The van der Waals surface area contributed by atoms with Gasteiger partial charge in [-0.15, -0.1) is 0 Å². The SMILES string of the molecule is COc1ccc(CNc2cc(I)cc(C)n2)cc1. The highest BCUT2D eigenvalue weighted by Crippen LogP contribution is 2.15. The molecule has 0 spiro atoms. The highest BCUT2D eigenvalue weighted by Gasteiger charge is 1.99. The molecular formula is C14H15IN2O. The molecule has 1 heterocycles. The Morgan fingerprint density at radius 3 is 2.56 bits per heavy atom. The number of rotatable bonds is 4. The first kappa shape index (κ1) is 13.1. The summed E-state index contributed by atoms with van der Waals surface area (Å²) >= 11 is 2.30. The number of hydrogen-bond acceptors (Lipinski definition) is 3. The van der Waals surface area contributed by atoms with Crippen LogP contribution in [0.25, 0.3) is 0 Å². The third-order valence-corrected chi connectivity index (χ3v) is 3.17. The Balaban J connectivity index is 2.01. The number of halogens is 1. The Labute approximate surface area is 121 Å². The van der Waals surface area contributed by atoms with Crippen molar-refractivity contribution in [1.82, 2.24) is 4.98 Å². The summed E-state index contributed by atoms with van der Waals surface area (Å²) in [7, 11) is 1.67. The van der Waals surface area contributed by atoms with Crippen molar-refractivity contribution in [2.45, 2.75) is 13.5 Å². The molecule has 0 atom stereocenters. The van der Waals surface area contributed by atoms with Crippen LogP contribution in [0.2, 0.25) is 0 Å². The van der Waals surface area contributed by atoms with E-state index in [0.29, 0.717) is 0 Å². The normalized spacial score (nSPS) is 10.2. The monoisotopic (exact) mass is 354 g/mol. The van der Waals surface area contributed by atoms with Crippen molar-refractivity contribution < 1.29 is 4.74 Å². The second-order valence-corrected chi connectivity index (χ2v) is 5.26. The van der Waals surface area contributed by atoms with Gasteiger partial charge < -0.3 is 10.1 Å². The molecule has 1 aromatic heterocycles. The molecule has 2 rings (SSSR count). The maximum Gasteiger partial charge on any atom is 0.127 e. The summed E-state index contributed by atoms with van der Waals surface area (Å²) in [4.78, 5) is 4.44. The van der Waals surface area contributed by atoms with Gasteiger partial charge in [0.25, 0.3) is 0 Å². The van der Waals surface area contributed by atoms with E-state index in [2.05, 4.69) is 39.0 Å². The minimum absolute atomic E-state index is 0.760. The molecule has 94 valence electrons. The average Bonchev–Trinajstić information content (AvgIpc) is 2.36. The minimum atomic E-state index is 0.760. The molecule has 1 N–H and O–H groups in total. The number of pyridine rings is 1. The van der Waals surface area contributed by atoms with Gasteiger partial charge in [0.15, 0.2) is 0 Å². The van der Waals surface area contributed by atoms with Gasteiger partial charge in [0, 0.05) is 15.8 Å². The molecule has 18 heavy (non-hydrogen) atoms. The van der Waals surface area contributed by atoms with E-state index in [4.69, 9.17) is 4.74 Å². The molecule has 1 aromatic carbocycles. The van der Waals surface area contributed by atoms with E-state index >= 15 is 0 Å². The summed E-state index contributed by atoms with van der Waals surface area (Å²) in [6, 6.07) is 12.1. The molecule has 0 saturated carbocycles. The van der Waals surface area contributed by atoms with Gasteiger partial charge in [0.1, 0.15) is 11.6 Å². The lowest BCUT2D eigenvalue weighted by Crippen LogP contribution is -2.02. The molecule has 2 aromatic rings. The smallest absolute Gasteiger partial charge is 0.127 e. The fourth-order valence-electron chi connectivity index (χ4n) is 1.65. The molecule has 0 saturated heterocycles. The lowest BCUT2D eigenvalue weighted by atomic mass is 10.2. The molecule has 0 unspecified atom stereocenters. The van der Waals surface area contributed by atoms with E-state index in [9.17, 15) is 0 Å². The number of nitrogens with zero attached hydrogens (tertiary/aromatic N) is 1. The summed E-state index contributed by atoms with van der Waals surface area (Å²) in [6.07, 6.45) is 0. The molecule has 0 amide bonds. The van der Waals surface area contributed by atoms with Crippen molar-refractivity contribution in [1.29, 1.82) is 0 Å². The van der Waals surface area contributed by atoms with Gasteiger partial charge in [0.05, 0.1) is 7.11 Å². The van der Waals surface area contributed by atoms with Gasteiger partial charge in [-0.2, -0.15) is 0 Å². The number of aromatic nitrogens is 1. The lowest BCUT2D eigenvalue weighted by molar-refractivity contribution is 0.414. The largest absolute Gasteiger partial charge is 0.497 e. The van der Waals surface area contributed by atoms with Gasteiger partial charge in [-0.1, -0.05) is 12.1 Å². The van der Waals surface area contributed by atoms with E-state index in [1.807, 2.05) is 37.3 Å². The van der Waals surface area contributed by atoms with E-state index in [1.54, 1.807) is 7.11 Å². The van der Waals surface area contributed by atoms with Crippen molar-refractivity contribution in [2.24, 2.45) is 0 Å². The summed E-state index contributed by atoms with van der Waals surface area (Å²) in [5.74, 6) is 1.79. The van der Waals surface area contributed by atoms with Gasteiger partial charge in [-0.3, -0.25) is 0 Å². The third-order valence-electron chi connectivity index (χ3n) is 2.55. The maximum atomic E-state index is 5.13. The Morgan fingerprint density at radius 1 is 1.22 bits per heavy atom. The third kappa shape index (κ3) is 3.60. The molecule has 0 aliphatic carbocycles. The summed E-state index contributed by atoms with van der Waals surface area (Å²) < 4.78 is 6.32. The highest BCUT2D eigenvalue weighted by atomic mass is 127. The molecular weight excluding hydrogens is 339 g/mol. The van der Waals surface area contributed by atoms with Crippen molar-refractivity contribution in [3.8, 4) is 5.75 Å². The first-order valence-corrected chi connectivity index (χ1v) is 6.76. The topological polar surface area (TPSA) is 34.1 Å². The van der Waals surface area contributed by atoms with Crippen LogP contribution in [0.5, 0.6) is 5.75 Å². The number of hydrogen-bond donors (Lipinski definition) is 1. The lowest BCUT2D eigenvalue weighted by Gasteiger charge is -2.08. The number of ether oxygens (including phenoxy) is 1. The zero-order valence-corrected chi connectivity index (χ0v) is 12.6. The molecule has 4 heteroatoms. The van der Waals surface area contributed by atoms with Crippen molar-refractivity contribution in [2.75, 3.05) is 12.4 Å². The number of aryl methyl sites for hydroxylation is 1. The van der Waals surface area contributed by atoms with Gasteiger partial charge in [0.2, 0.25) is 0 Å². The van der Waals surface area contributed by atoms with Crippen LogP contribution < -0.4 is 10.1 Å². The van der Waals surface area contributed by atoms with Crippen molar-refractivity contribution in [3.05, 3.63) is 51.2 Å². The quantitative estimate of drug-likeness (QED) is 0.852. The molecule has 0 aliphatic rings. The second kappa shape index (κ2) is 6.04. The van der Waals surface area contributed by atoms with Crippen molar-refractivity contribution in [3.63, 3.8) is 0 Å². The van der Waals surface area contributed by atoms with Crippen LogP contribution in [0.3, 0.4) is 0 Å². The summed E-state index contributed by atoms with van der Waals surface area (Å²) in [5, 5.41) is 3.32. The minimum Gasteiger partial charge on any atom is -0.497 e. The number of methoxy groups -OCH3 is 1. The Bertz CT molecular complexity index is 506. The summed E-state index contributed by atoms with van der Waals surface area (Å²) in [6.45, 7) is 2.76. The molecule has 0 fully saturated rings. The maximum absolute atomic E-state index is 5.13. The number of benzene rings is 1. The fraction of sp³-hybridized carbons (Fsp3) is 0.214. The zero-order valence-electron chi connectivity index (χ0n) is 10.4. The Hall–Kier alpha value is -1.30. The number of nitrogens with one attached hydrogen (secondary N) is 1. The van der Waals surface area contributed by atoms with Gasteiger partial charge in [-0.25, -0.2) is 4.98 Å². The fourth-order valence-corrected chi connectivity index (χ4v) is 2.40. The zero-order chi connectivity index (χ0) is 13.0. The van der Waals surface area contributed by atoms with Crippen LogP contribution in [-0.4, -0.2) is 12.1 Å². The standard InChI is InChI=1S/C14H15IN2O/c1-10-7-12(15)8-14(17-10)16-9-11-3-5-13(18-2)6-4-11/h3-8H,9H2,1-2H3,(H,16,17). The van der Waals surface area contributed by atoms with Crippen LogP contribution in [-0.2, 0) is 6.54 Å². The van der Waals surface area contributed by atoms with E-state index < -0.39 is 0 Å². The first-order valence-electron chi connectivity index (χ1n) is 5.68. The second-order valence-electron chi connectivity index (χ2n) is 4.01. The number of anilines is 1. The van der Waals surface area contributed by atoms with Gasteiger partial charge in [-0.05, 0) is 59.3 Å². The van der Waals surface area contributed by atoms with Crippen LogP contribution in [0.4, 0.5) is 5.82 Å². The molecule has 0 aliphatic heterocycles. The van der Waals surface area contributed by atoms with E-state index in [1.165, 1.54) is 9.13 Å². The average molecular weight is 354 g/mol. The van der Waals surface area contributed by atoms with Crippen LogP contribution >= 0.6 is 22.6 Å². The molecule has 0 bridgehead atoms. The van der Waals surface area contributed by atoms with Crippen LogP contribution in [0.15, 0.2) is 36.4 Å². The molecule has 0 radical (unpaired) electrons. The van der Waals surface area contributed by atoms with Crippen LogP contribution in [0, 0.1) is 10.5 Å². The van der Waals surface area contributed by atoms with Crippen LogP contribution in [0.1, 0.15) is 11.3 Å². The highest BCUT2D eigenvalue weighted by molar-refractivity contribution is 14.1.